The van der Waals surface area contributed by atoms with E-state index < -0.39 is 0 Å². The molecule has 0 saturated heterocycles. The molecule has 0 amide bonds. The van der Waals surface area contributed by atoms with E-state index in [9.17, 15) is 0 Å². The van der Waals surface area contributed by atoms with Crippen molar-refractivity contribution in [3.8, 4) is 17.3 Å². The Bertz CT molecular complexity index is 782. The van der Waals surface area contributed by atoms with Crippen LogP contribution in [0.25, 0.3) is 22.3 Å². The zero-order chi connectivity index (χ0) is 13.9. The molecule has 0 atom stereocenters. The average Bonchev–Trinajstić information content (AvgIpc) is 2.86. The number of hydrogen-bond donors (Lipinski definition) is 1. The monoisotopic (exact) mass is 264 g/mol. The zero-order valence-corrected chi connectivity index (χ0v) is 10.9. The van der Waals surface area contributed by atoms with E-state index in [0.29, 0.717) is 5.82 Å². The second-order valence-electron chi connectivity index (χ2n) is 4.37. The van der Waals surface area contributed by atoms with Gasteiger partial charge in [-0.3, -0.25) is 0 Å². The van der Waals surface area contributed by atoms with Crippen molar-refractivity contribution >= 4 is 16.9 Å². The van der Waals surface area contributed by atoms with Crippen molar-refractivity contribution in [2.45, 2.75) is 0 Å². The third-order valence-corrected chi connectivity index (χ3v) is 3.03. The normalized spacial score (nSPS) is 10.4. The van der Waals surface area contributed by atoms with Crippen LogP contribution in [-0.2, 0) is 7.05 Å². The molecule has 6 nitrogen and oxygen atoms in total. The van der Waals surface area contributed by atoms with Gasteiger partial charge in [-0.15, -0.1) is 10.2 Å². The molecule has 0 unspecified atom stereocenters. The first-order valence-corrected chi connectivity index (χ1v) is 6.14. The van der Waals surface area contributed by atoms with Gasteiger partial charge in [0.2, 0.25) is 0 Å². The largest absolute Gasteiger partial charge is 0.356 e. The van der Waals surface area contributed by atoms with Gasteiger partial charge in [-0.25, -0.2) is 4.98 Å². The number of anilines is 1. The van der Waals surface area contributed by atoms with E-state index in [1.165, 1.54) is 0 Å². The lowest BCUT2D eigenvalue weighted by Gasteiger charge is -2.03. The maximum Gasteiger partial charge on any atom is 0.149 e. The van der Waals surface area contributed by atoms with Crippen LogP contribution in [0.1, 0.15) is 0 Å². The van der Waals surface area contributed by atoms with Gasteiger partial charge < -0.3 is 9.88 Å². The first-order chi connectivity index (χ1) is 9.78. The van der Waals surface area contributed by atoms with Crippen LogP contribution in [-0.4, -0.2) is 26.3 Å². The summed E-state index contributed by atoms with van der Waals surface area (Å²) < 4.78 is 1.97. The number of nitriles is 1. The minimum Gasteiger partial charge on any atom is -0.356 e. The van der Waals surface area contributed by atoms with Gasteiger partial charge in [-0.1, -0.05) is 6.07 Å². The van der Waals surface area contributed by atoms with Gasteiger partial charge in [0.1, 0.15) is 12.4 Å². The van der Waals surface area contributed by atoms with E-state index in [1.54, 1.807) is 6.33 Å². The van der Waals surface area contributed by atoms with Crippen LogP contribution < -0.4 is 5.32 Å². The van der Waals surface area contributed by atoms with Crippen molar-refractivity contribution in [2.75, 3.05) is 11.9 Å². The molecule has 6 heteroatoms. The van der Waals surface area contributed by atoms with Gasteiger partial charge in [0.05, 0.1) is 29.1 Å². The first kappa shape index (κ1) is 12.1. The Labute approximate surface area is 115 Å². The molecule has 1 aromatic carbocycles. The van der Waals surface area contributed by atoms with Gasteiger partial charge in [-0.2, -0.15) is 5.26 Å². The van der Waals surface area contributed by atoms with Gasteiger partial charge in [-0.05, 0) is 24.3 Å². The number of nitrogens with one attached hydrogen (secondary N) is 1. The lowest BCUT2D eigenvalue weighted by Crippen LogP contribution is -2.01. The zero-order valence-electron chi connectivity index (χ0n) is 10.9. The molecule has 0 aliphatic carbocycles. The van der Waals surface area contributed by atoms with Gasteiger partial charge in [0, 0.05) is 12.6 Å². The summed E-state index contributed by atoms with van der Waals surface area (Å²) >= 11 is 0. The highest BCUT2D eigenvalue weighted by Gasteiger charge is 2.05. The minimum atomic E-state index is 0.216. The fourth-order valence-corrected chi connectivity index (χ4v) is 2.01. The number of hydrogen-bond acceptors (Lipinski definition) is 5. The van der Waals surface area contributed by atoms with Crippen molar-refractivity contribution < 1.29 is 0 Å². The maximum absolute atomic E-state index is 8.49. The Hall–Kier alpha value is -2.94. The minimum absolute atomic E-state index is 0.216. The van der Waals surface area contributed by atoms with Crippen LogP contribution in [0, 0.1) is 11.3 Å². The number of aryl methyl sites for hydroxylation is 1. The quantitative estimate of drug-likeness (QED) is 0.731. The molecule has 0 saturated carbocycles. The van der Waals surface area contributed by atoms with E-state index in [-0.39, 0.29) is 6.54 Å². The van der Waals surface area contributed by atoms with Crippen LogP contribution >= 0.6 is 0 Å². The molecule has 3 aromatic rings. The van der Waals surface area contributed by atoms with Crippen LogP contribution in [0.2, 0.25) is 0 Å². The van der Waals surface area contributed by atoms with E-state index in [2.05, 4.69) is 20.5 Å². The molecule has 2 aromatic heterocycles. The Morgan fingerprint density at radius 1 is 1.25 bits per heavy atom. The van der Waals surface area contributed by atoms with Crippen molar-refractivity contribution in [1.29, 1.82) is 5.26 Å². The molecule has 0 aliphatic heterocycles. The number of imidazole rings is 1. The molecule has 98 valence electrons. The maximum atomic E-state index is 8.49. The molecule has 0 bridgehead atoms. The van der Waals surface area contributed by atoms with Crippen LogP contribution in [0.4, 0.5) is 5.82 Å². The summed E-state index contributed by atoms with van der Waals surface area (Å²) in [5.74, 6) is 0.592. The van der Waals surface area contributed by atoms with Crippen molar-refractivity contribution in [1.82, 2.24) is 19.7 Å². The van der Waals surface area contributed by atoms with E-state index in [1.807, 2.05) is 48.0 Å². The lowest BCUT2D eigenvalue weighted by atomic mass is 10.1. The van der Waals surface area contributed by atoms with Gasteiger partial charge >= 0.3 is 0 Å². The number of aromatic nitrogens is 4. The topological polar surface area (TPSA) is 79.4 Å². The van der Waals surface area contributed by atoms with Crippen molar-refractivity contribution in [2.24, 2.45) is 7.05 Å². The highest BCUT2D eigenvalue weighted by Crippen LogP contribution is 2.22. The molecule has 20 heavy (non-hydrogen) atoms. The first-order valence-electron chi connectivity index (χ1n) is 6.14. The predicted molar refractivity (Wildman–Crippen MR) is 75.8 cm³/mol. The van der Waals surface area contributed by atoms with Crippen molar-refractivity contribution in [3.63, 3.8) is 0 Å². The molecule has 0 aliphatic rings. The van der Waals surface area contributed by atoms with Crippen LogP contribution in [0.5, 0.6) is 0 Å². The predicted octanol–water partition coefficient (Wildman–Crippen LogP) is 1.97. The summed E-state index contributed by atoms with van der Waals surface area (Å²) in [5.41, 5.74) is 3.75. The Morgan fingerprint density at radius 3 is 2.90 bits per heavy atom. The molecule has 0 radical (unpaired) electrons. The van der Waals surface area contributed by atoms with Gasteiger partial charge in [0.15, 0.2) is 0 Å². The average molecular weight is 264 g/mol. The van der Waals surface area contributed by atoms with Crippen LogP contribution in [0.3, 0.4) is 0 Å². The Kier molecular flexibility index (Phi) is 3.01. The van der Waals surface area contributed by atoms with Crippen molar-refractivity contribution in [3.05, 3.63) is 36.7 Å². The highest BCUT2D eigenvalue weighted by molar-refractivity contribution is 5.81. The number of rotatable bonds is 3. The number of benzene rings is 1. The standard InChI is InChI=1S/C14H12N6/c1-20-9-17-12-8-10(2-4-13(12)20)11-3-5-14(19-18-11)16-7-6-15/h2-5,8-9H,7H2,1H3,(H,16,19). The third-order valence-electron chi connectivity index (χ3n) is 3.03. The molecule has 2 heterocycles. The molecule has 0 spiro atoms. The highest BCUT2D eigenvalue weighted by atomic mass is 15.2. The third kappa shape index (κ3) is 2.17. The summed E-state index contributed by atoms with van der Waals surface area (Å²) in [6.07, 6.45) is 1.79. The van der Waals surface area contributed by atoms with E-state index in [4.69, 9.17) is 5.26 Å². The fraction of sp³-hybridized carbons (Fsp3) is 0.143. The van der Waals surface area contributed by atoms with Gasteiger partial charge in [0.25, 0.3) is 0 Å². The molecular formula is C14H12N6. The summed E-state index contributed by atoms with van der Waals surface area (Å²) in [7, 11) is 1.96. The Balaban J connectivity index is 1.92. The fourth-order valence-electron chi connectivity index (χ4n) is 2.01. The molecule has 0 fully saturated rings. The summed E-state index contributed by atoms with van der Waals surface area (Å²) in [5, 5.41) is 19.5. The molecule has 3 rings (SSSR count). The second kappa shape index (κ2) is 4.97. The lowest BCUT2D eigenvalue weighted by molar-refractivity contribution is 0.947. The Morgan fingerprint density at radius 2 is 2.15 bits per heavy atom. The van der Waals surface area contributed by atoms with Crippen LogP contribution in [0.15, 0.2) is 36.7 Å². The summed E-state index contributed by atoms with van der Waals surface area (Å²) in [4.78, 5) is 4.33. The van der Waals surface area contributed by atoms with E-state index >= 15 is 0 Å². The molecular weight excluding hydrogens is 252 g/mol. The smallest absolute Gasteiger partial charge is 0.149 e. The van der Waals surface area contributed by atoms with E-state index in [0.717, 1.165) is 22.3 Å². The SMILES string of the molecule is Cn1cnc2cc(-c3ccc(NCC#N)nn3)ccc21. The number of nitrogens with zero attached hydrogens (tertiary/aromatic N) is 5. The summed E-state index contributed by atoms with van der Waals surface area (Å²) in [6, 6.07) is 11.7. The number of fused-ring (bicyclic) bond motifs is 1. The molecule has 1 N–H and O–H groups in total. The second-order valence-corrected chi connectivity index (χ2v) is 4.37. The summed E-state index contributed by atoms with van der Waals surface area (Å²) in [6.45, 7) is 0.216.